The predicted octanol–water partition coefficient (Wildman–Crippen LogP) is 3.72. The van der Waals surface area contributed by atoms with E-state index in [0.717, 1.165) is 70.6 Å². The summed E-state index contributed by atoms with van der Waals surface area (Å²) < 4.78 is 34.6. The third-order valence-corrected chi connectivity index (χ3v) is 7.03. The van der Waals surface area contributed by atoms with Crippen LogP contribution in [0, 0.1) is 0 Å². The van der Waals surface area contributed by atoms with Crippen molar-refractivity contribution in [1.82, 2.24) is 0 Å². The van der Waals surface area contributed by atoms with Crippen molar-refractivity contribution in [3.63, 3.8) is 0 Å². The van der Waals surface area contributed by atoms with Crippen molar-refractivity contribution >= 4 is 10.1 Å². The van der Waals surface area contributed by atoms with Gasteiger partial charge in [-0.25, -0.2) is 8.42 Å². The zero-order valence-electron chi connectivity index (χ0n) is 19.7. The minimum atomic E-state index is -4.18. The molecule has 0 saturated heterocycles. The predicted molar refractivity (Wildman–Crippen MR) is 119 cm³/mol. The van der Waals surface area contributed by atoms with Gasteiger partial charge in [0.25, 0.3) is 0 Å². The third kappa shape index (κ3) is 22.5. The zero-order valence-corrected chi connectivity index (χ0v) is 23.6. The largest absolute Gasteiger partial charge is 1.00 e. The monoisotopic (exact) mass is 458 g/mol. The van der Waals surface area contributed by atoms with Crippen molar-refractivity contribution in [1.29, 1.82) is 0 Å². The van der Waals surface area contributed by atoms with Gasteiger partial charge in [-0.05, 0) is 25.7 Å². The van der Waals surface area contributed by atoms with Gasteiger partial charge < -0.3 is 9.66 Å². The molecule has 0 aliphatic heterocycles. The van der Waals surface area contributed by atoms with Crippen LogP contribution >= 0.6 is 0 Å². The fourth-order valence-electron chi connectivity index (χ4n) is 3.81. The smallest absolute Gasteiger partial charge is 0.748 e. The topological polar surface area (TPSA) is 77.4 Å². The Morgan fingerprint density at radius 3 is 1.38 bits per heavy atom. The zero-order chi connectivity index (χ0) is 21.1. The molecule has 2 atom stereocenters. The first-order valence-electron chi connectivity index (χ1n) is 12.0. The van der Waals surface area contributed by atoms with E-state index in [4.69, 9.17) is 0 Å². The molecule has 4 nitrogen and oxygen atoms in total. The Morgan fingerprint density at radius 1 is 0.621 bits per heavy atom. The second kappa shape index (κ2) is 22.7. The fourth-order valence-corrected chi connectivity index (χ4v) is 4.72. The minimum Gasteiger partial charge on any atom is -0.748 e. The summed E-state index contributed by atoms with van der Waals surface area (Å²) in [5.74, 6) is 0. The van der Waals surface area contributed by atoms with Crippen molar-refractivity contribution in [2.24, 2.45) is 0 Å². The first kappa shape index (κ1) is 32.7. The molecule has 170 valence electrons. The van der Waals surface area contributed by atoms with Crippen molar-refractivity contribution in [3.8, 4) is 0 Å². The maximum atomic E-state index is 11.5. The molecule has 0 saturated carbocycles. The molecule has 6 heteroatoms. The van der Waals surface area contributed by atoms with Crippen LogP contribution in [0.4, 0.5) is 0 Å². The first-order valence-corrected chi connectivity index (χ1v) is 13.5. The summed E-state index contributed by atoms with van der Waals surface area (Å²) in [5, 5.41) is 9.12. The van der Waals surface area contributed by atoms with Gasteiger partial charge in [0, 0.05) is 5.25 Å². The molecular formula is C23H47KO4S. The Labute approximate surface area is 224 Å². The average Bonchev–Trinajstić information content (AvgIpc) is 2.64. The summed E-state index contributed by atoms with van der Waals surface area (Å²) in [4.78, 5) is 0. The molecule has 2 unspecified atom stereocenters. The van der Waals surface area contributed by atoms with Gasteiger partial charge in [0.1, 0.15) is 0 Å². The quantitative estimate of drug-likeness (QED) is 0.162. The standard InChI is InChI=1S/C23H48O4S.K/c1-3-5-7-8-9-10-11-12-16-20-23(28(25,26)27)21-17-14-13-15-19-22(24)18-6-4-2;/h22-24H,3-21H2,1-2H3,(H,25,26,27);/q;+1/p-1. The van der Waals surface area contributed by atoms with E-state index in [1.807, 2.05) is 0 Å². The Balaban J connectivity index is 0. The number of rotatable bonds is 21. The van der Waals surface area contributed by atoms with Crippen molar-refractivity contribution in [3.05, 3.63) is 0 Å². The van der Waals surface area contributed by atoms with E-state index >= 15 is 0 Å². The first-order chi connectivity index (χ1) is 13.4. The van der Waals surface area contributed by atoms with Gasteiger partial charge in [0.15, 0.2) is 0 Å². The van der Waals surface area contributed by atoms with Gasteiger partial charge in [0.05, 0.1) is 16.2 Å². The van der Waals surface area contributed by atoms with E-state index in [2.05, 4.69) is 13.8 Å². The molecule has 0 aromatic rings. The van der Waals surface area contributed by atoms with E-state index in [9.17, 15) is 18.1 Å². The van der Waals surface area contributed by atoms with Gasteiger partial charge in [-0.2, -0.15) is 0 Å². The Bertz CT molecular complexity index is 429. The molecule has 29 heavy (non-hydrogen) atoms. The summed E-state index contributed by atoms with van der Waals surface area (Å²) >= 11 is 0. The molecule has 0 amide bonds. The fraction of sp³-hybridized carbons (Fsp3) is 1.00. The van der Waals surface area contributed by atoms with Crippen LogP contribution in [0.15, 0.2) is 0 Å². The summed E-state index contributed by atoms with van der Waals surface area (Å²) in [6, 6.07) is 0. The van der Waals surface area contributed by atoms with Gasteiger partial charge in [-0.15, -0.1) is 0 Å². The average molecular weight is 459 g/mol. The van der Waals surface area contributed by atoms with Crippen LogP contribution in [0.2, 0.25) is 0 Å². The summed E-state index contributed by atoms with van der Waals surface area (Å²) in [5.41, 5.74) is 0. The molecular weight excluding hydrogens is 411 g/mol. The van der Waals surface area contributed by atoms with Crippen molar-refractivity contribution in [2.75, 3.05) is 0 Å². The molecule has 0 fully saturated rings. The van der Waals surface area contributed by atoms with E-state index in [1.165, 1.54) is 38.5 Å². The molecule has 0 aromatic heterocycles. The molecule has 0 spiro atoms. The Kier molecular flexibility index (Phi) is 25.6. The normalized spacial score (nSPS) is 13.8. The van der Waals surface area contributed by atoms with E-state index in [1.54, 1.807) is 0 Å². The molecule has 0 heterocycles. The van der Waals surface area contributed by atoms with E-state index < -0.39 is 15.4 Å². The summed E-state index contributed by atoms with van der Waals surface area (Å²) in [6.45, 7) is 4.35. The second-order valence-electron chi connectivity index (χ2n) is 8.52. The van der Waals surface area contributed by atoms with Gasteiger partial charge in [-0.1, -0.05) is 110 Å². The number of aliphatic hydroxyl groups is 1. The minimum absolute atomic E-state index is 0. The molecule has 0 rings (SSSR count). The Hall–Kier alpha value is 1.51. The number of aliphatic hydroxyl groups excluding tert-OH is 1. The maximum absolute atomic E-state index is 11.5. The molecule has 0 bridgehead atoms. The van der Waals surface area contributed by atoms with Gasteiger partial charge in [-0.3, -0.25) is 0 Å². The Morgan fingerprint density at radius 2 is 0.966 bits per heavy atom. The van der Waals surface area contributed by atoms with Crippen LogP contribution in [-0.4, -0.2) is 29.4 Å². The van der Waals surface area contributed by atoms with Crippen LogP contribution in [0.25, 0.3) is 0 Å². The van der Waals surface area contributed by atoms with E-state index in [-0.39, 0.29) is 57.5 Å². The summed E-state index contributed by atoms with van der Waals surface area (Å²) in [6.07, 6.45) is 19.2. The van der Waals surface area contributed by atoms with E-state index in [0.29, 0.717) is 12.8 Å². The van der Waals surface area contributed by atoms with Crippen LogP contribution in [0.1, 0.15) is 136 Å². The molecule has 0 aliphatic rings. The van der Waals surface area contributed by atoms with Crippen LogP contribution < -0.4 is 51.4 Å². The molecule has 0 aromatic carbocycles. The second-order valence-corrected chi connectivity index (χ2v) is 10.2. The third-order valence-electron chi connectivity index (χ3n) is 5.74. The van der Waals surface area contributed by atoms with Gasteiger partial charge >= 0.3 is 51.4 Å². The maximum Gasteiger partial charge on any atom is 1.00 e. The number of hydrogen-bond acceptors (Lipinski definition) is 4. The van der Waals surface area contributed by atoms with Crippen LogP contribution in [-0.2, 0) is 10.1 Å². The van der Waals surface area contributed by atoms with Crippen LogP contribution in [0.3, 0.4) is 0 Å². The van der Waals surface area contributed by atoms with Crippen molar-refractivity contribution < 1.29 is 69.5 Å². The van der Waals surface area contributed by atoms with Gasteiger partial charge in [0.2, 0.25) is 0 Å². The molecule has 0 radical (unpaired) electrons. The number of unbranched alkanes of at least 4 members (excludes halogenated alkanes) is 12. The van der Waals surface area contributed by atoms with Crippen LogP contribution in [0.5, 0.6) is 0 Å². The SMILES string of the molecule is CCCCCCCCCCCC(CCCCCCC(O)CCCC)S(=O)(=O)[O-].[K+]. The molecule has 0 aliphatic carbocycles. The number of hydrogen-bond donors (Lipinski definition) is 1. The summed E-state index contributed by atoms with van der Waals surface area (Å²) in [7, 11) is -4.18. The molecule has 1 N–H and O–H groups in total. The van der Waals surface area contributed by atoms with Crippen molar-refractivity contribution in [2.45, 2.75) is 147 Å².